The summed E-state index contributed by atoms with van der Waals surface area (Å²) >= 11 is 0. The molecule has 14 heavy (non-hydrogen) atoms. The van der Waals surface area contributed by atoms with Crippen molar-refractivity contribution in [3.05, 3.63) is 35.4 Å². The molecular formula is C13H21N. The Morgan fingerprint density at radius 2 is 1.43 bits per heavy atom. The Kier molecular flexibility index (Phi) is 3.01. The maximum Gasteiger partial charge on any atom is 0.0245 e. The molecule has 0 atom stereocenters. The molecule has 1 aliphatic rings. The Morgan fingerprint density at radius 3 is 1.79 bits per heavy atom. The highest BCUT2D eigenvalue weighted by atomic mass is 15.2. The van der Waals surface area contributed by atoms with Crippen molar-refractivity contribution < 1.29 is 0 Å². The summed E-state index contributed by atoms with van der Waals surface area (Å²) in [6.07, 6.45) is 0. The molecule has 1 aromatic rings. The third-order valence-corrected chi connectivity index (χ3v) is 2.79. The maximum absolute atomic E-state index is 2.51. The van der Waals surface area contributed by atoms with E-state index in [2.05, 4.69) is 49.9 Å². The second-order valence-electron chi connectivity index (χ2n) is 4.80. The van der Waals surface area contributed by atoms with Crippen LogP contribution in [-0.4, -0.2) is 10.4 Å². The zero-order valence-electron chi connectivity index (χ0n) is 8.67. The van der Waals surface area contributed by atoms with Crippen LogP contribution < -0.4 is 0 Å². The van der Waals surface area contributed by atoms with Crippen molar-refractivity contribution in [2.45, 2.75) is 46.8 Å². The first kappa shape index (κ1) is 11.3. The fraction of sp³-hybridized carbons (Fsp3) is 0.538. The molecule has 0 spiro atoms. The Hall–Kier alpha value is -0.820. The lowest BCUT2D eigenvalue weighted by atomic mass is 10.1. The fourth-order valence-corrected chi connectivity index (χ4v) is 1.81. The maximum atomic E-state index is 2.51. The molecule has 2 rings (SSSR count). The van der Waals surface area contributed by atoms with Gasteiger partial charge in [-0.1, -0.05) is 31.7 Å². The predicted octanol–water partition coefficient (Wildman–Crippen LogP) is 3.44. The van der Waals surface area contributed by atoms with Crippen molar-refractivity contribution in [3.8, 4) is 0 Å². The van der Waals surface area contributed by atoms with Gasteiger partial charge < -0.3 is 0 Å². The summed E-state index contributed by atoms with van der Waals surface area (Å²) in [5.74, 6) is 0. The minimum atomic E-state index is 0. The lowest BCUT2D eigenvalue weighted by molar-refractivity contribution is 0.136. The van der Waals surface area contributed by atoms with E-state index in [-0.39, 0.29) is 7.43 Å². The highest BCUT2D eigenvalue weighted by Crippen LogP contribution is 2.28. The summed E-state index contributed by atoms with van der Waals surface area (Å²) in [4.78, 5) is 2.51. The van der Waals surface area contributed by atoms with Gasteiger partial charge in [-0.05, 0) is 31.9 Å². The van der Waals surface area contributed by atoms with Crippen LogP contribution in [0.5, 0.6) is 0 Å². The van der Waals surface area contributed by atoms with Gasteiger partial charge in [-0.15, -0.1) is 0 Å². The minimum Gasteiger partial charge on any atom is -0.290 e. The van der Waals surface area contributed by atoms with Crippen LogP contribution >= 0.6 is 0 Å². The molecule has 1 nitrogen and oxygen atoms in total. The first-order valence-corrected chi connectivity index (χ1v) is 4.89. The second kappa shape index (κ2) is 3.74. The van der Waals surface area contributed by atoms with Crippen molar-refractivity contribution in [3.63, 3.8) is 0 Å². The van der Waals surface area contributed by atoms with Crippen LogP contribution in [0.4, 0.5) is 0 Å². The van der Waals surface area contributed by atoms with E-state index in [1.807, 2.05) is 0 Å². The Labute approximate surface area is 87.7 Å². The van der Waals surface area contributed by atoms with E-state index in [1.54, 1.807) is 0 Å². The van der Waals surface area contributed by atoms with Gasteiger partial charge in [0, 0.05) is 18.6 Å². The first-order chi connectivity index (χ1) is 6.07. The Bertz CT molecular complexity index is 284. The molecule has 78 valence electrons. The van der Waals surface area contributed by atoms with Gasteiger partial charge in [-0.2, -0.15) is 0 Å². The zero-order chi connectivity index (χ0) is 9.47. The van der Waals surface area contributed by atoms with E-state index in [4.69, 9.17) is 0 Å². The largest absolute Gasteiger partial charge is 0.290 e. The highest BCUT2D eigenvalue weighted by Gasteiger charge is 2.27. The summed E-state index contributed by atoms with van der Waals surface area (Å²) in [5, 5.41) is 0. The monoisotopic (exact) mass is 191 g/mol. The Morgan fingerprint density at radius 1 is 1.00 bits per heavy atom. The van der Waals surface area contributed by atoms with Crippen molar-refractivity contribution in [1.82, 2.24) is 4.90 Å². The molecule has 0 fully saturated rings. The van der Waals surface area contributed by atoms with Gasteiger partial charge in [0.2, 0.25) is 0 Å². The number of rotatable bonds is 0. The molecule has 1 heterocycles. The smallest absolute Gasteiger partial charge is 0.0245 e. The lowest BCUT2D eigenvalue weighted by Crippen LogP contribution is -2.36. The molecule has 0 unspecified atom stereocenters. The summed E-state index contributed by atoms with van der Waals surface area (Å²) in [6, 6.07) is 8.73. The standard InChI is InChI=1S/C12H17N.CH4/c1-12(2,3)13-8-10-6-4-5-7-11(10)9-13;/h4-7H,8-9H2,1-3H3;1H4. The SMILES string of the molecule is C.CC(C)(C)N1Cc2ccccc2C1. The molecule has 1 heteroatoms. The number of nitrogens with zero attached hydrogens (tertiary/aromatic N) is 1. The summed E-state index contributed by atoms with van der Waals surface area (Å²) in [5.41, 5.74) is 3.29. The molecule has 0 bridgehead atoms. The predicted molar refractivity (Wildman–Crippen MR) is 62.2 cm³/mol. The van der Waals surface area contributed by atoms with Crippen LogP contribution in [-0.2, 0) is 13.1 Å². The summed E-state index contributed by atoms with van der Waals surface area (Å²) < 4.78 is 0. The molecule has 0 aromatic heterocycles. The second-order valence-corrected chi connectivity index (χ2v) is 4.80. The number of fused-ring (bicyclic) bond motifs is 1. The van der Waals surface area contributed by atoms with Gasteiger partial charge in [-0.3, -0.25) is 4.90 Å². The summed E-state index contributed by atoms with van der Waals surface area (Å²) in [6.45, 7) is 9.05. The highest BCUT2D eigenvalue weighted by molar-refractivity contribution is 5.30. The van der Waals surface area contributed by atoms with Crippen LogP contribution in [0, 0.1) is 0 Å². The van der Waals surface area contributed by atoms with Crippen LogP contribution in [0.25, 0.3) is 0 Å². The van der Waals surface area contributed by atoms with Gasteiger partial charge in [0.1, 0.15) is 0 Å². The van der Waals surface area contributed by atoms with E-state index >= 15 is 0 Å². The number of benzene rings is 1. The number of hydrogen-bond acceptors (Lipinski definition) is 1. The molecule has 0 amide bonds. The van der Waals surface area contributed by atoms with E-state index < -0.39 is 0 Å². The van der Waals surface area contributed by atoms with Gasteiger partial charge >= 0.3 is 0 Å². The molecule has 1 aromatic carbocycles. The van der Waals surface area contributed by atoms with Gasteiger partial charge in [0.05, 0.1) is 0 Å². The molecule has 1 aliphatic heterocycles. The van der Waals surface area contributed by atoms with Crippen molar-refractivity contribution in [2.24, 2.45) is 0 Å². The quantitative estimate of drug-likeness (QED) is 0.607. The molecule has 0 radical (unpaired) electrons. The minimum absolute atomic E-state index is 0. The fourth-order valence-electron chi connectivity index (χ4n) is 1.81. The van der Waals surface area contributed by atoms with E-state index in [0.717, 1.165) is 13.1 Å². The van der Waals surface area contributed by atoms with Crippen molar-refractivity contribution in [2.75, 3.05) is 0 Å². The van der Waals surface area contributed by atoms with Crippen LogP contribution in [0.1, 0.15) is 39.3 Å². The van der Waals surface area contributed by atoms with Crippen molar-refractivity contribution >= 4 is 0 Å². The topological polar surface area (TPSA) is 3.24 Å². The molecular weight excluding hydrogens is 170 g/mol. The van der Waals surface area contributed by atoms with Crippen molar-refractivity contribution in [1.29, 1.82) is 0 Å². The molecule has 0 aliphatic carbocycles. The van der Waals surface area contributed by atoms with Gasteiger partial charge in [0.25, 0.3) is 0 Å². The number of hydrogen-bond donors (Lipinski definition) is 0. The summed E-state index contributed by atoms with van der Waals surface area (Å²) in [7, 11) is 0. The van der Waals surface area contributed by atoms with E-state index in [1.165, 1.54) is 11.1 Å². The van der Waals surface area contributed by atoms with Crippen LogP contribution in [0.3, 0.4) is 0 Å². The average Bonchev–Trinajstić information content (AvgIpc) is 2.45. The zero-order valence-corrected chi connectivity index (χ0v) is 8.67. The third-order valence-electron chi connectivity index (χ3n) is 2.79. The first-order valence-electron chi connectivity index (χ1n) is 4.89. The van der Waals surface area contributed by atoms with Gasteiger partial charge in [-0.25, -0.2) is 0 Å². The molecule has 0 saturated heterocycles. The van der Waals surface area contributed by atoms with Crippen LogP contribution in [0.15, 0.2) is 24.3 Å². The normalized spacial score (nSPS) is 16.2. The van der Waals surface area contributed by atoms with E-state index in [9.17, 15) is 0 Å². The molecule has 0 saturated carbocycles. The lowest BCUT2D eigenvalue weighted by Gasteiger charge is -2.31. The van der Waals surface area contributed by atoms with Gasteiger partial charge in [0.15, 0.2) is 0 Å². The molecule has 0 N–H and O–H groups in total. The third kappa shape index (κ3) is 1.98. The average molecular weight is 191 g/mol. The van der Waals surface area contributed by atoms with Crippen LogP contribution in [0.2, 0.25) is 0 Å². The Balaban J connectivity index is 0.000000980. The van der Waals surface area contributed by atoms with E-state index in [0.29, 0.717) is 5.54 Å².